The van der Waals surface area contributed by atoms with E-state index in [1.807, 2.05) is 31.4 Å². The average Bonchev–Trinajstić information content (AvgIpc) is 3.12. The Balaban J connectivity index is 2.13. The Kier molecular flexibility index (Phi) is 5.73. The Morgan fingerprint density at radius 2 is 2.00 bits per heavy atom. The van der Waals surface area contributed by atoms with E-state index in [0.717, 1.165) is 40.4 Å². The molecule has 1 aliphatic heterocycles. The molecule has 6 nitrogen and oxygen atoms in total. The molecule has 8 heteroatoms. The first-order valence-electron chi connectivity index (χ1n) is 9.27. The van der Waals surface area contributed by atoms with Crippen molar-refractivity contribution in [3.05, 3.63) is 44.6 Å². The summed E-state index contributed by atoms with van der Waals surface area (Å²) in [6.07, 6.45) is 3.54. The van der Waals surface area contributed by atoms with E-state index in [1.54, 1.807) is 17.4 Å². The van der Waals surface area contributed by atoms with E-state index < -0.39 is 11.8 Å². The summed E-state index contributed by atoms with van der Waals surface area (Å²) >= 11 is 6.62. The fourth-order valence-corrected chi connectivity index (χ4v) is 5.09. The standard InChI is InChI=1S/C21H22N4O2S2/c1-6-7-17-12(3)16(10-22)20(29-17)25-11(2)8-14(13(25)4)9-15-18(26)23-21(28)24(5)19(15)27/h8-9H,6-7H2,1-5H3,(H,23,26,28). The molecule has 3 heterocycles. The number of rotatable bonds is 4. The summed E-state index contributed by atoms with van der Waals surface area (Å²) in [6, 6.07) is 4.27. The Bertz CT molecular complexity index is 1110. The fourth-order valence-electron chi connectivity index (χ4n) is 3.45. The minimum atomic E-state index is -0.502. The van der Waals surface area contributed by atoms with E-state index in [-0.39, 0.29) is 10.7 Å². The van der Waals surface area contributed by atoms with E-state index >= 15 is 0 Å². The normalized spacial score (nSPS) is 15.8. The van der Waals surface area contributed by atoms with Crippen LogP contribution in [0.5, 0.6) is 0 Å². The Labute approximate surface area is 179 Å². The number of thiocarbonyl (C=S) groups is 1. The molecule has 1 N–H and O–H groups in total. The minimum Gasteiger partial charge on any atom is -0.308 e. The van der Waals surface area contributed by atoms with Crippen LogP contribution >= 0.6 is 23.6 Å². The molecule has 0 bridgehead atoms. The summed E-state index contributed by atoms with van der Waals surface area (Å²) in [7, 11) is 1.53. The second-order valence-electron chi connectivity index (χ2n) is 7.04. The molecule has 29 heavy (non-hydrogen) atoms. The zero-order valence-corrected chi connectivity index (χ0v) is 18.7. The third-order valence-electron chi connectivity index (χ3n) is 5.09. The van der Waals surface area contributed by atoms with Crippen LogP contribution in [0.3, 0.4) is 0 Å². The van der Waals surface area contributed by atoms with Gasteiger partial charge in [-0.2, -0.15) is 5.26 Å². The van der Waals surface area contributed by atoms with Crippen molar-refractivity contribution < 1.29 is 9.59 Å². The summed E-state index contributed by atoms with van der Waals surface area (Å²) in [5.41, 5.74) is 4.30. The van der Waals surface area contributed by atoms with Gasteiger partial charge in [-0.3, -0.25) is 19.8 Å². The van der Waals surface area contributed by atoms with Crippen LogP contribution in [0, 0.1) is 32.1 Å². The van der Waals surface area contributed by atoms with Crippen molar-refractivity contribution in [1.29, 1.82) is 5.26 Å². The molecule has 0 unspecified atom stereocenters. The van der Waals surface area contributed by atoms with Crippen molar-refractivity contribution in [3.63, 3.8) is 0 Å². The van der Waals surface area contributed by atoms with Crippen LogP contribution in [0.2, 0.25) is 0 Å². The molecular weight excluding hydrogens is 404 g/mol. The zero-order chi connectivity index (χ0) is 21.5. The Morgan fingerprint density at radius 1 is 1.31 bits per heavy atom. The Hall–Kier alpha value is -2.76. The van der Waals surface area contributed by atoms with Gasteiger partial charge < -0.3 is 4.57 Å². The van der Waals surface area contributed by atoms with Crippen molar-refractivity contribution in [3.8, 4) is 11.1 Å². The van der Waals surface area contributed by atoms with E-state index in [4.69, 9.17) is 12.2 Å². The summed E-state index contributed by atoms with van der Waals surface area (Å²) in [5.74, 6) is -0.934. The van der Waals surface area contributed by atoms with Gasteiger partial charge in [0.1, 0.15) is 16.6 Å². The van der Waals surface area contributed by atoms with Crippen LogP contribution < -0.4 is 5.32 Å². The van der Waals surface area contributed by atoms with Crippen molar-refractivity contribution in [1.82, 2.24) is 14.8 Å². The molecular formula is C21H22N4O2S2. The smallest absolute Gasteiger partial charge is 0.265 e. The molecule has 2 aromatic heterocycles. The Morgan fingerprint density at radius 3 is 2.62 bits per heavy atom. The first-order chi connectivity index (χ1) is 13.7. The molecule has 1 fully saturated rings. The summed E-state index contributed by atoms with van der Waals surface area (Å²) in [5, 5.41) is 13.2. The number of hydrogen-bond donors (Lipinski definition) is 1. The van der Waals surface area contributed by atoms with Gasteiger partial charge in [0.05, 0.1) is 5.56 Å². The molecule has 1 aliphatic rings. The number of thiophene rings is 1. The fraction of sp³-hybridized carbons (Fsp3) is 0.333. The largest absolute Gasteiger partial charge is 0.308 e. The lowest BCUT2D eigenvalue weighted by Gasteiger charge is -2.25. The van der Waals surface area contributed by atoms with Crippen molar-refractivity contribution >= 4 is 46.6 Å². The number of likely N-dealkylation sites (N-methyl/N-ethyl adjacent to an activating group) is 1. The van der Waals surface area contributed by atoms with Crippen LogP contribution in [-0.4, -0.2) is 33.4 Å². The second-order valence-corrected chi connectivity index (χ2v) is 8.51. The maximum atomic E-state index is 12.5. The van der Waals surface area contributed by atoms with E-state index in [0.29, 0.717) is 5.56 Å². The lowest BCUT2D eigenvalue weighted by atomic mass is 10.1. The number of carbonyl (C=O) groups excluding carboxylic acids is 2. The van der Waals surface area contributed by atoms with Crippen molar-refractivity contribution in [2.45, 2.75) is 40.5 Å². The van der Waals surface area contributed by atoms with E-state index in [9.17, 15) is 14.9 Å². The number of amides is 2. The summed E-state index contributed by atoms with van der Waals surface area (Å²) in [6.45, 7) is 7.99. The highest BCUT2D eigenvalue weighted by atomic mass is 32.1. The maximum Gasteiger partial charge on any atom is 0.265 e. The van der Waals surface area contributed by atoms with Gasteiger partial charge in [0.25, 0.3) is 11.8 Å². The van der Waals surface area contributed by atoms with Gasteiger partial charge in [0.15, 0.2) is 5.11 Å². The molecule has 0 aromatic carbocycles. The highest BCUT2D eigenvalue weighted by Crippen LogP contribution is 2.35. The number of nitriles is 1. The summed E-state index contributed by atoms with van der Waals surface area (Å²) in [4.78, 5) is 27.3. The van der Waals surface area contributed by atoms with Gasteiger partial charge in [-0.05, 0) is 62.7 Å². The first kappa shape index (κ1) is 21.0. The van der Waals surface area contributed by atoms with E-state index in [2.05, 4.69) is 18.3 Å². The molecule has 2 aromatic rings. The van der Waals surface area contributed by atoms with Gasteiger partial charge in [-0.1, -0.05) is 13.3 Å². The second kappa shape index (κ2) is 7.93. The molecule has 0 atom stereocenters. The van der Waals surface area contributed by atoms with Gasteiger partial charge >= 0.3 is 0 Å². The van der Waals surface area contributed by atoms with Gasteiger partial charge in [-0.25, -0.2) is 0 Å². The van der Waals surface area contributed by atoms with Gasteiger partial charge in [0.2, 0.25) is 0 Å². The van der Waals surface area contributed by atoms with Crippen LogP contribution in [0.1, 0.15) is 46.3 Å². The van der Waals surface area contributed by atoms with Crippen molar-refractivity contribution in [2.24, 2.45) is 0 Å². The quantitative estimate of drug-likeness (QED) is 0.461. The van der Waals surface area contributed by atoms with Crippen LogP contribution in [0.25, 0.3) is 11.1 Å². The molecule has 1 saturated heterocycles. The van der Waals surface area contributed by atoms with E-state index in [1.165, 1.54) is 16.8 Å². The van der Waals surface area contributed by atoms with Crippen LogP contribution in [-0.2, 0) is 16.0 Å². The first-order valence-corrected chi connectivity index (χ1v) is 10.5. The predicted octanol–water partition coefficient (Wildman–Crippen LogP) is 3.54. The number of aryl methyl sites for hydroxylation is 2. The molecule has 0 aliphatic carbocycles. The number of carbonyl (C=O) groups is 2. The van der Waals surface area contributed by atoms with Crippen LogP contribution in [0.15, 0.2) is 11.6 Å². The molecule has 0 saturated carbocycles. The highest BCUT2D eigenvalue weighted by Gasteiger charge is 2.31. The molecule has 0 spiro atoms. The maximum absolute atomic E-state index is 12.5. The monoisotopic (exact) mass is 426 g/mol. The average molecular weight is 427 g/mol. The lowest BCUT2D eigenvalue weighted by Crippen LogP contribution is -2.52. The third kappa shape index (κ3) is 3.52. The number of aromatic nitrogens is 1. The number of hydrogen-bond acceptors (Lipinski definition) is 5. The minimum absolute atomic E-state index is 0.0379. The highest BCUT2D eigenvalue weighted by molar-refractivity contribution is 7.80. The topological polar surface area (TPSA) is 78.1 Å². The molecule has 0 radical (unpaired) electrons. The number of nitrogens with zero attached hydrogens (tertiary/aromatic N) is 3. The third-order valence-corrected chi connectivity index (χ3v) is 6.81. The van der Waals surface area contributed by atoms with Gasteiger partial charge in [-0.15, -0.1) is 11.3 Å². The lowest BCUT2D eigenvalue weighted by molar-refractivity contribution is -0.128. The predicted molar refractivity (Wildman–Crippen MR) is 118 cm³/mol. The zero-order valence-electron chi connectivity index (χ0n) is 17.0. The molecule has 2 amide bonds. The van der Waals surface area contributed by atoms with Gasteiger partial charge in [0, 0.05) is 23.3 Å². The van der Waals surface area contributed by atoms with Crippen LogP contribution in [0.4, 0.5) is 0 Å². The molecule has 3 rings (SSSR count). The van der Waals surface area contributed by atoms with Crippen molar-refractivity contribution in [2.75, 3.05) is 7.05 Å². The molecule has 150 valence electrons. The number of nitrogens with one attached hydrogen (secondary N) is 1. The summed E-state index contributed by atoms with van der Waals surface area (Å²) < 4.78 is 2.03. The SMILES string of the molecule is CCCc1sc(-n2c(C)cc(C=C3C(=O)NC(=S)N(C)C3=O)c2C)c(C#N)c1C.